The number of piperazine rings is 1. The van der Waals surface area contributed by atoms with Crippen molar-refractivity contribution in [2.24, 2.45) is 0 Å². The van der Waals surface area contributed by atoms with E-state index >= 15 is 0 Å². The number of carbonyl (C=O) groups is 1. The summed E-state index contributed by atoms with van der Waals surface area (Å²) in [6.45, 7) is 5.97. The predicted molar refractivity (Wildman–Crippen MR) is 107 cm³/mol. The summed E-state index contributed by atoms with van der Waals surface area (Å²) in [6, 6.07) is 14.1. The number of anilines is 1. The topological polar surface area (TPSA) is 50.6 Å². The molecule has 0 radical (unpaired) electrons. The van der Waals surface area contributed by atoms with E-state index in [2.05, 4.69) is 39.0 Å². The molecule has 0 N–H and O–H groups in total. The van der Waals surface area contributed by atoms with Gasteiger partial charge >= 0.3 is 0 Å². The van der Waals surface area contributed by atoms with E-state index in [1.165, 1.54) is 5.69 Å². The molecule has 3 aromatic rings. The third-order valence-electron chi connectivity index (χ3n) is 5.18. The monoisotopic (exact) mass is 364 g/mol. The Bertz CT molecular complexity index is 912. The Morgan fingerprint density at radius 1 is 1.04 bits per heavy atom. The molecule has 0 atom stereocenters. The second-order valence-electron chi connectivity index (χ2n) is 6.82. The lowest BCUT2D eigenvalue weighted by Gasteiger charge is -2.36. The van der Waals surface area contributed by atoms with Crippen LogP contribution < -0.4 is 4.90 Å². The van der Waals surface area contributed by atoms with Gasteiger partial charge in [0.1, 0.15) is 12.6 Å². The number of aldehydes is 1. The maximum absolute atomic E-state index is 11.1. The molecule has 2 aromatic carbocycles. The lowest BCUT2D eigenvalue weighted by Crippen LogP contribution is -2.47. The molecular weight excluding hydrogens is 340 g/mol. The number of nitrogens with zero attached hydrogens (tertiary/aromatic N) is 4. The second-order valence-corrected chi connectivity index (χ2v) is 6.82. The number of methoxy groups -OCH3 is 1. The van der Waals surface area contributed by atoms with Gasteiger partial charge in [0.05, 0.1) is 17.6 Å². The fourth-order valence-electron chi connectivity index (χ4n) is 3.58. The van der Waals surface area contributed by atoms with Gasteiger partial charge in [-0.05, 0) is 42.5 Å². The first-order chi connectivity index (χ1) is 13.3. The number of ether oxygens (including phenoxy) is 1. The van der Waals surface area contributed by atoms with Crippen LogP contribution in [-0.2, 0) is 4.74 Å². The van der Waals surface area contributed by atoms with Gasteiger partial charge in [-0.1, -0.05) is 0 Å². The molecule has 4 rings (SSSR count). The molecular formula is C21H24N4O2. The minimum Gasteiger partial charge on any atom is -0.383 e. The number of benzene rings is 2. The van der Waals surface area contributed by atoms with Crippen molar-refractivity contribution in [3.63, 3.8) is 0 Å². The zero-order valence-electron chi connectivity index (χ0n) is 15.5. The van der Waals surface area contributed by atoms with Crippen LogP contribution in [0.2, 0.25) is 0 Å². The summed E-state index contributed by atoms with van der Waals surface area (Å²) in [4.78, 5) is 20.4. The first-order valence-corrected chi connectivity index (χ1v) is 9.27. The van der Waals surface area contributed by atoms with E-state index in [9.17, 15) is 4.79 Å². The van der Waals surface area contributed by atoms with Crippen LogP contribution in [0.4, 0.5) is 5.69 Å². The number of imidazole rings is 1. The fraction of sp³-hybridized carbons (Fsp3) is 0.333. The zero-order chi connectivity index (χ0) is 18.6. The molecule has 0 saturated carbocycles. The van der Waals surface area contributed by atoms with Gasteiger partial charge in [-0.3, -0.25) is 14.3 Å². The lowest BCUT2D eigenvalue weighted by molar-refractivity contribution is 0.112. The molecule has 0 aliphatic carbocycles. The van der Waals surface area contributed by atoms with Crippen molar-refractivity contribution < 1.29 is 9.53 Å². The summed E-state index contributed by atoms with van der Waals surface area (Å²) in [5.41, 5.74) is 4.77. The van der Waals surface area contributed by atoms with E-state index in [0.29, 0.717) is 5.56 Å². The van der Waals surface area contributed by atoms with Crippen molar-refractivity contribution in [2.75, 3.05) is 51.3 Å². The highest BCUT2D eigenvalue weighted by Gasteiger charge is 2.17. The maximum Gasteiger partial charge on any atom is 0.150 e. The molecule has 0 amide bonds. The van der Waals surface area contributed by atoms with E-state index in [1.54, 1.807) is 13.2 Å². The van der Waals surface area contributed by atoms with Crippen molar-refractivity contribution >= 4 is 23.0 Å². The lowest BCUT2D eigenvalue weighted by atomic mass is 10.2. The van der Waals surface area contributed by atoms with Crippen molar-refractivity contribution in [3.05, 3.63) is 54.4 Å². The minimum absolute atomic E-state index is 0.659. The number of fused-ring (bicyclic) bond motifs is 1. The van der Waals surface area contributed by atoms with Gasteiger partial charge in [0.2, 0.25) is 0 Å². The van der Waals surface area contributed by atoms with Crippen molar-refractivity contribution in [3.8, 4) is 5.69 Å². The number of carbonyl (C=O) groups excluding carboxylic acids is 1. The summed E-state index contributed by atoms with van der Waals surface area (Å²) in [7, 11) is 1.75. The van der Waals surface area contributed by atoms with Gasteiger partial charge in [-0.15, -0.1) is 0 Å². The Morgan fingerprint density at radius 3 is 2.48 bits per heavy atom. The predicted octanol–water partition coefficient (Wildman–Crippen LogP) is 2.61. The SMILES string of the molecule is COCCN1CCN(c2ccc(-n3cnc4ccc(C=O)cc43)cc2)CC1. The molecule has 1 aliphatic rings. The van der Waals surface area contributed by atoms with E-state index < -0.39 is 0 Å². The van der Waals surface area contributed by atoms with E-state index in [1.807, 2.05) is 23.0 Å². The van der Waals surface area contributed by atoms with Crippen LogP contribution in [0.15, 0.2) is 48.8 Å². The Morgan fingerprint density at radius 2 is 1.78 bits per heavy atom. The van der Waals surface area contributed by atoms with Crippen LogP contribution >= 0.6 is 0 Å². The van der Waals surface area contributed by atoms with Gasteiger partial charge in [-0.25, -0.2) is 4.98 Å². The molecule has 0 bridgehead atoms. The molecule has 27 heavy (non-hydrogen) atoms. The average molecular weight is 364 g/mol. The van der Waals surface area contributed by atoms with Gasteiger partial charge in [0.25, 0.3) is 0 Å². The Labute approximate surface area is 159 Å². The second kappa shape index (κ2) is 7.90. The Kier molecular flexibility index (Phi) is 5.18. The third-order valence-corrected chi connectivity index (χ3v) is 5.18. The largest absolute Gasteiger partial charge is 0.383 e. The molecule has 2 heterocycles. The van der Waals surface area contributed by atoms with Crippen LogP contribution in [0, 0.1) is 0 Å². The van der Waals surface area contributed by atoms with Crippen molar-refractivity contribution in [2.45, 2.75) is 0 Å². The molecule has 0 spiro atoms. The van der Waals surface area contributed by atoms with Gasteiger partial charge in [0.15, 0.2) is 0 Å². The van der Waals surface area contributed by atoms with E-state index in [0.717, 1.165) is 62.3 Å². The Hall–Kier alpha value is -2.70. The number of hydrogen-bond acceptors (Lipinski definition) is 5. The summed E-state index contributed by atoms with van der Waals surface area (Å²) in [6.07, 6.45) is 2.68. The third kappa shape index (κ3) is 3.72. The van der Waals surface area contributed by atoms with Crippen molar-refractivity contribution in [1.29, 1.82) is 0 Å². The minimum atomic E-state index is 0.659. The first-order valence-electron chi connectivity index (χ1n) is 9.27. The number of rotatable bonds is 6. The molecule has 1 aliphatic heterocycles. The van der Waals surface area contributed by atoms with Crippen LogP contribution in [0.5, 0.6) is 0 Å². The van der Waals surface area contributed by atoms with Crippen LogP contribution in [0.3, 0.4) is 0 Å². The zero-order valence-corrected chi connectivity index (χ0v) is 15.5. The fourth-order valence-corrected chi connectivity index (χ4v) is 3.58. The molecule has 140 valence electrons. The summed E-state index contributed by atoms with van der Waals surface area (Å²) < 4.78 is 7.19. The standard InChI is InChI=1S/C21H24N4O2/c1-27-13-12-23-8-10-24(11-9-23)18-3-5-19(6-4-18)25-16-22-20-7-2-17(15-26)14-21(20)25/h2-7,14-16H,8-13H2,1H3. The average Bonchev–Trinajstić information content (AvgIpc) is 3.16. The highest BCUT2D eigenvalue weighted by molar-refractivity contribution is 5.86. The van der Waals surface area contributed by atoms with Gasteiger partial charge in [0, 0.05) is 56.8 Å². The highest BCUT2D eigenvalue weighted by Crippen LogP contribution is 2.23. The van der Waals surface area contributed by atoms with E-state index in [4.69, 9.17) is 4.74 Å². The van der Waals surface area contributed by atoms with Crippen LogP contribution in [0.25, 0.3) is 16.7 Å². The van der Waals surface area contributed by atoms with Gasteiger partial charge < -0.3 is 9.64 Å². The van der Waals surface area contributed by atoms with Crippen molar-refractivity contribution in [1.82, 2.24) is 14.5 Å². The maximum atomic E-state index is 11.1. The molecule has 6 nitrogen and oxygen atoms in total. The highest BCUT2D eigenvalue weighted by atomic mass is 16.5. The van der Waals surface area contributed by atoms with E-state index in [-0.39, 0.29) is 0 Å². The van der Waals surface area contributed by atoms with Crippen LogP contribution in [-0.4, -0.2) is 67.2 Å². The summed E-state index contributed by atoms with van der Waals surface area (Å²) in [5, 5.41) is 0. The van der Waals surface area contributed by atoms with Gasteiger partial charge in [-0.2, -0.15) is 0 Å². The smallest absolute Gasteiger partial charge is 0.150 e. The van der Waals surface area contributed by atoms with Crippen LogP contribution in [0.1, 0.15) is 10.4 Å². The molecule has 6 heteroatoms. The summed E-state index contributed by atoms with van der Waals surface area (Å²) >= 11 is 0. The quantitative estimate of drug-likeness (QED) is 0.630. The Balaban J connectivity index is 1.49. The molecule has 0 unspecified atom stereocenters. The normalized spacial score (nSPS) is 15.4. The molecule has 1 aromatic heterocycles. The number of hydrogen-bond donors (Lipinski definition) is 0. The summed E-state index contributed by atoms with van der Waals surface area (Å²) in [5.74, 6) is 0. The number of aromatic nitrogens is 2. The molecule has 1 fully saturated rings. The molecule has 1 saturated heterocycles. The first kappa shape index (κ1) is 17.7.